The van der Waals surface area contributed by atoms with E-state index in [0.717, 1.165) is 25.9 Å². The van der Waals surface area contributed by atoms with Crippen molar-refractivity contribution in [3.63, 3.8) is 0 Å². The van der Waals surface area contributed by atoms with Gasteiger partial charge in [0.05, 0.1) is 0 Å². The van der Waals surface area contributed by atoms with Crippen molar-refractivity contribution in [3.05, 3.63) is 0 Å². The van der Waals surface area contributed by atoms with Crippen molar-refractivity contribution in [3.8, 4) is 0 Å². The Morgan fingerprint density at radius 3 is 2.64 bits per heavy atom. The smallest absolute Gasteiger partial charge is 0.245 e. The summed E-state index contributed by atoms with van der Waals surface area (Å²) in [6.45, 7) is 2.30. The Balaban J connectivity index is 1.85. The lowest BCUT2D eigenvalue weighted by atomic mass is 10.0. The normalized spacial score (nSPS) is 32.1. The van der Waals surface area contributed by atoms with Gasteiger partial charge in [0.15, 0.2) is 0 Å². The van der Waals surface area contributed by atoms with Gasteiger partial charge in [-0.25, -0.2) is 8.78 Å². The first kappa shape index (κ1) is 10.3. The zero-order valence-electron chi connectivity index (χ0n) is 8.38. The van der Waals surface area contributed by atoms with Crippen LogP contribution in [0.15, 0.2) is 0 Å². The molecule has 1 heterocycles. The van der Waals surface area contributed by atoms with Crippen molar-refractivity contribution in [1.29, 1.82) is 0 Å². The number of nitrogens with zero attached hydrogens (tertiary/aromatic N) is 1. The summed E-state index contributed by atoms with van der Waals surface area (Å²) >= 11 is 0. The Labute approximate surface area is 83.4 Å². The number of likely N-dealkylation sites (tertiary alicyclic amines) is 1. The quantitative estimate of drug-likeness (QED) is 0.754. The van der Waals surface area contributed by atoms with Crippen molar-refractivity contribution < 1.29 is 8.78 Å². The van der Waals surface area contributed by atoms with Crippen LogP contribution in [-0.2, 0) is 0 Å². The molecule has 0 aromatic carbocycles. The maximum Gasteiger partial charge on any atom is 0.245 e. The molecule has 82 valence electrons. The minimum Gasteiger partial charge on any atom is -0.327 e. The number of alkyl halides is 2. The van der Waals surface area contributed by atoms with E-state index in [0.29, 0.717) is 19.4 Å². The Hall–Kier alpha value is -0.220. The first-order chi connectivity index (χ1) is 6.62. The molecule has 0 bridgehead atoms. The molecule has 1 atom stereocenters. The monoisotopic (exact) mass is 204 g/mol. The fourth-order valence-electron chi connectivity index (χ4n) is 2.29. The molecule has 1 saturated carbocycles. The van der Waals surface area contributed by atoms with Crippen LogP contribution in [0.5, 0.6) is 0 Å². The third-order valence-corrected chi connectivity index (χ3v) is 3.44. The minimum absolute atomic E-state index is 0.192. The van der Waals surface area contributed by atoms with Gasteiger partial charge >= 0.3 is 0 Å². The molecule has 1 aliphatic carbocycles. The molecule has 2 nitrogen and oxygen atoms in total. The molecular formula is C10H18F2N2. The van der Waals surface area contributed by atoms with E-state index in [2.05, 4.69) is 4.90 Å². The van der Waals surface area contributed by atoms with Gasteiger partial charge in [0.1, 0.15) is 0 Å². The van der Waals surface area contributed by atoms with Crippen LogP contribution in [0.25, 0.3) is 0 Å². The topological polar surface area (TPSA) is 29.3 Å². The molecule has 2 aliphatic rings. The van der Waals surface area contributed by atoms with Crippen LogP contribution in [-0.4, -0.2) is 37.0 Å². The number of rotatable bonds is 3. The second-order valence-corrected chi connectivity index (χ2v) is 4.80. The predicted molar refractivity (Wildman–Crippen MR) is 51.3 cm³/mol. The second-order valence-electron chi connectivity index (χ2n) is 4.80. The molecule has 1 saturated heterocycles. The maximum atomic E-state index is 12.7. The lowest BCUT2D eigenvalue weighted by Crippen LogP contribution is -2.46. The number of halogens is 2. The Morgan fingerprint density at radius 1 is 1.43 bits per heavy atom. The third-order valence-electron chi connectivity index (χ3n) is 3.44. The third kappa shape index (κ3) is 2.06. The van der Waals surface area contributed by atoms with Gasteiger partial charge in [-0.3, -0.25) is 0 Å². The molecule has 0 aromatic rings. The van der Waals surface area contributed by atoms with Crippen LogP contribution in [0.4, 0.5) is 8.78 Å². The van der Waals surface area contributed by atoms with E-state index >= 15 is 0 Å². The number of piperidine rings is 1. The molecule has 0 radical (unpaired) electrons. The van der Waals surface area contributed by atoms with E-state index in [9.17, 15) is 8.78 Å². The Bertz CT molecular complexity index is 204. The van der Waals surface area contributed by atoms with E-state index < -0.39 is 11.8 Å². The number of hydrogen-bond acceptors (Lipinski definition) is 2. The summed E-state index contributed by atoms with van der Waals surface area (Å²) in [5.74, 6) is 0. The van der Waals surface area contributed by atoms with Crippen molar-refractivity contribution in [2.24, 2.45) is 11.1 Å². The molecule has 0 aromatic heterocycles. The second kappa shape index (κ2) is 3.74. The van der Waals surface area contributed by atoms with Crippen LogP contribution >= 0.6 is 0 Å². The first-order valence-corrected chi connectivity index (χ1v) is 5.38. The number of nitrogens with two attached hydrogens (primary N) is 1. The maximum absolute atomic E-state index is 12.7. The van der Waals surface area contributed by atoms with Crippen LogP contribution in [0.1, 0.15) is 25.7 Å². The molecule has 2 N–H and O–H groups in total. The van der Waals surface area contributed by atoms with Gasteiger partial charge < -0.3 is 10.6 Å². The van der Waals surface area contributed by atoms with Crippen molar-refractivity contribution in [2.75, 3.05) is 19.6 Å². The average molecular weight is 204 g/mol. The number of hydrogen-bond donors (Lipinski definition) is 1. The minimum atomic E-state index is -2.15. The lowest BCUT2D eigenvalue weighted by Gasteiger charge is -2.33. The highest BCUT2D eigenvalue weighted by Crippen LogP contribution is 2.51. The Kier molecular flexibility index (Phi) is 2.75. The van der Waals surface area contributed by atoms with Gasteiger partial charge in [-0.1, -0.05) is 0 Å². The highest BCUT2D eigenvalue weighted by molar-refractivity contribution is 4.98. The van der Waals surface area contributed by atoms with Gasteiger partial charge in [-0.15, -0.1) is 0 Å². The van der Waals surface area contributed by atoms with Crippen LogP contribution in [0.3, 0.4) is 0 Å². The molecule has 0 amide bonds. The lowest BCUT2D eigenvalue weighted by molar-refractivity contribution is 0.0305. The summed E-state index contributed by atoms with van der Waals surface area (Å²) in [6, 6.07) is 0.192. The summed E-state index contributed by atoms with van der Waals surface area (Å²) < 4.78 is 25.3. The molecule has 1 aliphatic heterocycles. The molecule has 2 rings (SSSR count). The van der Waals surface area contributed by atoms with Gasteiger partial charge in [-0.2, -0.15) is 0 Å². The first-order valence-electron chi connectivity index (χ1n) is 5.38. The van der Waals surface area contributed by atoms with Crippen LogP contribution < -0.4 is 5.73 Å². The highest BCUT2D eigenvalue weighted by Gasteiger charge is 2.51. The molecular weight excluding hydrogens is 186 g/mol. The molecule has 0 unspecified atom stereocenters. The largest absolute Gasteiger partial charge is 0.327 e. The van der Waals surface area contributed by atoms with Crippen molar-refractivity contribution in [2.45, 2.75) is 38.2 Å². The predicted octanol–water partition coefficient (Wildman–Crippen LogP) is 1.45. The van der Waals surface area contributed by atoms with Crippen molar-refractivity contribution in [1.82, 2.24) is 4.90 Å². The summed E-state index contributed by atoms with van der Waals surface area (Å²) in [5, 5.41) is 0. The van der Waals surface area contributed by atoms with Gasteiger partial charge in [-0.05, 0) is 32.2 Å². The SMILES string of the molecule is N[C@@H]1CCCN(CC2(C(F)F)CC2)C1. The van der Waals surface area contributed by atoms with Crippen LogP contribution in [0, 0.1) is 5.41 Å². The summed E-state index contributed by atoms with van der Waals surface area (Å²) in [7, 11) is 0. The van der Waals surface area contributed by atoms with Crippen molar-refractivity contribution >= 4 is 0 Å². The standard InChI is InChI=1S/C10H18F2N2/c11-9(12)10(3-4-10)7-14-5-1-2-8(13)6-14/h8-9H,1-7,13H2/t8-/m1/s1. The van der Waals surface area contributed by atoms with E-state index in [1.807, 2.05) is 0 Å². The van der Waals surface area contributed by atoms with Crippen LogP contribution in [0.2, 0.25) is 0 Å². The summed E-state index contributed by atoms with van der Waals surface area (Å²) in [6.07, 6.45) is 1.33. The van der Waals surface area contributed by atoms with Gasteiger partial charge in [0.2, 0.25) is 6.43 Å². The van der Waals surface area contributed by atoms with Gasteiger partial charge in [0.25, 0.3) is 0 Å². The van der Waals surface area contributed by atoms with E-state index in [-0.39, 0.29) is 6.04 Å². The zero-order chi connectivity index (χ0) is 10.2. The molecule has 4 heteroatoms. The Morgan fingerprint density at radius 2 is 2.14 bits per heavy atom. The summed E-state index contributed by atoms with van der Waals surface area (Å²) in [4.78, 5) is 2.12. The molecule has 14 heavy (non-hydrogen) atoms. The van der Waals surface area contributed by atoms with Gasteiger partial charge in [0, 0.05) is 24.5 Å². The van der Waals surface area contributed by atoms with E-state index in [1.165, 1.54) is 0 Å². The highest BCUT2D eigenvalue weighted by atomic mass is 19.3. The fourth-order valence-corrected chi connectivity index (χ4v) is 2.29. The summed E-state index contributed by atoms with van der Waals surface area (Å²) in [5.41, 5.74) is 5.14. The fraction of sp³-hybridized carbons (Fsp3) is 1.00. The van der Waals surface area contributed by atoms with E-state index in [1.54, 1.807) is 0 Å². The zero-order valence-corrected chi connectivity index (χ0v) is 8.38. The van der Waals surface area contributed by atoms with E-state index in [4.69, 9.17) is 5.73 Å². The average Bonchev–Trinajstić information content (AvgIpc) is 2.85. The molecule has 2 fully saturated rings. The molecule has 0 spiro atoms.